The molecule has 1 amide bonds. The van der Waals surface area contributed by atoms with Crippen LogP contribution in [-0.4, -0.2) is 20.1 Å². The summed E-state index contributed by atoms with van der Waals surface area (Å²) in [4.78, 5) is 12.2. The van der Waals surface area contributed by atoms with Crippen molar-refractivity contribution in [3.63, 3.8) is 0 Å². The quantitative estimate of drug-likeness (QED) is 0.845. The average Bonchev–Trinajstić information content (AvgIpc) is 2.59. The highest BCUT2D eigenvalue weighted by molar-refractivity contribution is 5.91. The third-order valence-electron chi connectivity index (χ3n) is 3.78. The lowest BCUT2D eigenvalue weighted by atomic mass is 10.1. The number of amides is 1. The van der Waals surface area contributed by atoms with Crippen LogP contribution in [0.3, 0.4) is 0 Å². The van der Waals surface area contributed by atoms with Gasteiger partial charge >= 0.3 is 0 Å². The number of carbonyl (C=O) groups excluding carboxylic acids is 1. The predicted molar refractivity (Wildman–Crippen MR) is 92.3 cm³/mol. The van der Waals surface area contributed by atoms with E-state index in [1.54, 1.807) is 14.2 Å². The SMILES string of the molecule is CCc1ccccc1NC(=O)CCc1cccc(OC)c1OC. The zero-order valence-electron chi connectivity index (χ0n) is 13.9. The Balaban J connectivity index is 2.02. The molecule has 0 saturated heterocycles. The van der Waals surface area contributed by atoms with Gasteiger partial charge in [-0.05, 0) is 36.1 Å². The van der Waals surface area contributed by atoms with Crippen LogP contribution in [-0.2, 0) is 17.6 Å². The van der Waals surface area contributed by atoms with Gasteiger partial charge in [-0.15, -0.1) is 0 Å². The molecule has 0 radical (unpaired) electrons. The molecular weight excluding hydrogens is 290 g/mol. The maximum atomic E-state index is 12.2. The first-order valence-corrected chi connectivity index (χ1v) is 7.77. The summed E-state index contributed by atoms with van der Waals surface area (Å²) in [5.41, 5.74) is 2.99. The molecule has 0 saturated carbocycles. The first-order valence-electron chi connectivity index (χ1n) is 7.77. The molecule has 0 unspecified atom stereocenters. The van der Waals surface area contributed by atoms with Gasteiger partial charge in [0.2, 0.25) is 5.91 Å². The molecule has 0 fully saturated rings. The average molecular weight is 313 g/mol. The second kappa shape index (κ2) is 8.22. The van der Waals surface area contributed by atoms with Gasteiger partial charge in [0.25, 0.3) is 0 Å². The standard InChI is InChI=1S/C19H23NO3/c1-4-14-8-5-6-10-16(14)20-18(21)13-12-15-9-7-11-17(22-2)19(15)23-3/h5-11H,4,12-13H2,1-3H3,(H,20,21). The Kier molecular flexibility index (Phi) is 6.03. The smallest absolute Gasteiger partial charge is 0.224 e. The molecule has 0 aliphatic rings. The van der Waals surface area contributed by atoms with Gasteiger partial charge in [-0.25, -0.2) is 0 Å². The van der Waals surface area contributed by atoms with Gasteiger partial charge in [-0.3, -0.25) is 4.79 Å². The van der Waals surface area contributed by atoms with Crippen LogP contribution in [0, 0.1) is 0 Å². The van der Waals surface area contributed by atoms with Gasteiger partial charge < -0.3 is 14.8 Å². The molecule has 23 heavy (non-hydrogen) atoms. The summed E-state index contributed by atoms with van der Waals surface area (Å²) >= 11 is 0. The number of benzene rings is 2. The first-order chi connectivity index (χ1) is 11.2. The number of ether oxygens (including phenoxy) is 2. The number of carbonyl (C=O) groups is 1. The lowest BCUT2D eigenvalue weighted by molar-refractivity contribution is -0.116. The summed E-state index contributed by atoms with van der Waals surface area (Å²) < 4.78 is 10.7. The highest BCUT2D eigenvalue weighted by atomic mass is 16.5. The Morgan fingerprint density at radius 3 is 2.43 bits per heavy atom. The summed E-state index contributed by atoms with van der Waals surface area (Å²) in [5, 5.41) is 2.99. The minimum absolute atomic E-state index is 0.00391. The fraction of sp³-hybridized carbons (Fsp3) is 0.316. The van der Waals surface area contributed by atoms with Crippen molar-refractivity contribution in [2.24, 2.45) is 0 Å². The highest BCUT2D eigenvalue weighted by Crippen LogP contribution is 2.31. The molecule has 0 spiro atoms. The molecule has 0 aliphatic heterocycles. The fourth-order valence-corrected chi connectivity index (χ4v) is 2.56. The largest absolute Gasteiger partial charge is 0.493 e. The topological polar surface area (TPSA) is 47.6 Å². The minimum Gasteiger partial charge on any atom is -0.493 e. The fourth-order valence-electron chi connectivity index (χ4n) is 2.56. The molecule has 1 N–H and O–H groups in total. The zero-order chi connectivity index (χ0) is 16.7. The van der Waals surface area contributed by atoms with Gasteiger partial charge in [-0.2, -0.15) is 0 Å². The number of rotatable bonds is 7. The Morgan fingerprint density at radius 2 is 1.74 bits per heavy atom. The van der Waals surface area contributed by atoms with Crippen LogP contribution in [0.2, 0.25) is 0 Å². The van der Waals surface area contributed by atoms with Crippen molar-refractivity contribution in [2.45, 2.75) is 26.2 Å². The third kappa shape index (κ3) is 4.25. The lowest BCUT2D eigenvalue weighted by Crippen LogP contribution is -2.13. The number of para-hydroxylation sites is 2. The molecule has 122 valence electrons. The van der Waals surface area contributed by atoms with Crippen molar-refractivity contribution in [1.82, 2.24) is 0 Å². The van der Waals surface area contributed by atoms with E-state index in [0.717, 1.165) is 23.2 Å². The van der Waals surface area contributed by atoms with E-state index in [4.69, 9.17) is 9.47 Å². The molecule has 0 aromatic heterocycles. The number of anilines is 1. The van der Waals surface area contributed by atoms with Crippen LogP contribution in [0.15, 0.2) is 42.5 Å². The first kappa shape index (κ1) is 16.9. The summed E-state index contributed by atoms with van der Waals surface area (Å²) in [6, 6.07) is 13.6. The van der Waals surface area contributed by atoms with E-state index in [9.17, 15) is 4.79 Å². The maximum Gasteiger partial charge on any atom is 0.224 e. The van der Waals surface area contributed by atoms with E-state index >= 15 is 0 Å². The normalized spacial score (nSPS) is 10.2. The molecule has 2 aromatic rings. The minimum atomic E-state index is -0.00391. The van der Waals surface area contributed by atoms with E-state index in [1.807, 2.05) is 42.5 Å². The summed E-state index contributed by atoms with van der Waals surface area (Å²) in [6.07, 6.45) is 1.88. The second-order valence-electron chi connectivity index (χ2n) is 5.21. The molecule has 0 atom stereocenters. The molecule has 0 heterocycles. The van der Waals surface area contributed by atoms with E-state index < -0.39 is 0 Å². The van der Waals surface area contributed by atoms with Crippen molar-refractivity contribution in [2.75, 3.05) is 19.5 Å². The zero-order valence-corrected chi connectivity index (χ0v) is 13.9. The number of hydrogen-bond acceptors (Lipinski definition) is 3. The monoisotopic (exact) mass is 313 g/mol. The van der Waals surface area contributed by atoms with Gasteiger partial charge in [0.15, 0.2) is 11.5 Å². The Bertz CT molecular complexity index is 667. The Hall–Kier alpha value is -2.49. The summed E-state index contributed by atoms with van der Waals surface area (Å²) in [7, 11) is 3.22. The van der Waals surface area contributed by atoms with Crippen LogP contribution >= 0.6 is 0 Å². The van der Waals surface area contributed by atoms with Crippen molar-refractivity contribution in [3.05, 3.63) is 53.6 Å². The molecule has 4 heteroatoms. The van der Waals surface area contributed by atoms with Crippen LogP contribution in [0.5, 0.6) is 11.5 Å². The third-order valence-corrected chi connectivity index (χ3v) is 3.78. The van der Waals surface area contributed by atoms with Crippen LogP contribution in [0.25, 0.3) is 0 Å². The number of methoxy groups -OCH3 is 2. The Labute approximate surface area is 137 Å². The molecule has 4 nitrogen and oxygen atoms in total. The van der Waals surface area contributed by atoms with Crippen LogP contribution in [0.1, 0.15) is 24.5 Å². The number of nitrogens with one attached hydrogen (secondary N) is 1. The molecule has 2 rings (SSSR count). The van der Waals surface area contributed by atoms with Gasteiger partial charge in [0.1, 0.15) is 0 Å². The second-order valence-corrected chi connectivity index (χ2v) is 5.21. The van der Waals surface area contributed by atoms with E-state index in [2.05, 4.69) is 12.2 Å². The van der Waals surface area contributed by atoms with E-state index in [1.165, 1.54) is 0 Å². The molecular formula is C19H23NO3. The molecule has 0 aliphatic carbocycles. The molecule has 2 aromatic carbocycles. The Morgan fingerprint density at radius 1 is 1.00 bits per heavy atom. The lowest BCUT2D eigenvalue weighted by Gasteiger charge is -2.13. The van der Waals surface area contributed by atoms with Crippen molar-refractivity contribution < 1.29 is 14.3 Å². The maximum absolute atomic E-state index is 12.2. The van der Waals surface area contributed by atoms with Crippen LogP contribution in [0.4, 0.5) is 5.69 Å². The van der Waals surface area contributed by atoms with E-state index in [-0.39, 0.29) is 5.91 Å². The van der Waals surface area contributed by atoms with Gasteiger partial charge in [0.05, 0.1) is 14.2 Å². The summed E-state index contributed by atoms with van der Waals surface area (Å²) in [5.74, 6) is 1.37. The predicted octanol–water partition coefficient (Wildman–Crippen LogP) is 3.84. The number of hydrogen-bond donors (Lipinski definition) is 1. The highest BCUT2D eigenvalue weighted by Gasteiger charge is 2.12. The van der Waals surface area contributed by atoms with Gasteiger partial charge in [-0.1, -0.05) is 37.3 Å². The van der Waals surface area contributed by atoms with Crippen LogP contribution < -0.4 is 14.8 Å². The van der Waals surface area contributed by atoms with E-state index in [0.29, 0.717) is 24.3 Å². The molecule has 0 bridgehead atoms. The van der Waals surface area contributed by atoms with Crippen molar-refractivity contribution in [1.29, 1.82) is 0 Å². The number of aryl methyl sites for hydroxylation is 2. The van der Waals surface area contributed by atoms with Gasteiger partial charge in [0, 0.05) is 12.1 Å². The van der Waals surface area contributed by atoms with Crippen molar-refractivity contribution >= 4 is 11.6 Å². The van der Waals surface area contributed by atoms with Crippen molar-refractivity contribution in [3.8, 4) is 11.5 Å². The summed E-state index contributed by atoms with van der Waals surface area (Å²) in [6.45, 7) is 2.08.